The van der Waals surface area contributed by atoms with E-state index in [2.05, 4.69) is 31.4 Å². The number of halogens is 1. The predicted octanol–water partition coefficient (Wildman–Crippen LogP) is 2.94. The molecule has 0 unspecified atom stereocenters. The molecule has 2 aromatic heterocycles. The SMILES string of the molecule is Brc1ccc(/C=N\Nc2nccs2)o1. The Hall–Kier alpha value is -1.14. The van der Waals surface area contributed by atoms with Crippen LogP contribution < -0.4 is 5.43 Å². The van der Waals surface area contributed by atoms with Crippen molar-refractivity contribution in [1.82, 2.24) is 4.98 Å². The Morgan fingerprint density at radius 2 is 2.50 bits per heavy atom. The normalized spacial score (nSPS) is 10.9. The molecule has 6 heteroatoms. The van der Waals surface area contributed by atoms with Gasteiger partial charge in [0.15, 0.2) is 4.67 Å². The lowest BCUT2D eigenvalue weighted by Gasteiger charge is -1.90. The summed E-state index contributed by atoms with van der Waals surface area (Å²) in [5.74, 6) is 0.681. The van der Waals surface area contributed by atoms with E-state index < -0.39 is 0 Å². The van der Waals surface area contributed by atoms with E-state index in [9.17, 15) is 0 Å². The molecule has 0 bridgehead atoms. The standard InChI is InChI=1S/C8H6BrN3OS/c9-7-2-1-6(13-7)5-11-12-8-10-3-4-14-8/h1-5H,(H,10,12)/b11-5-. The maximum atomic E-state index is 5.21. The lowest BCUT2D eigenvalue weighted by Crippen LogP contribution is -1.87. The van der Waals surface area contributed by atoms with Gasteiger partial charge in [0.2, 0.25) is 5.13 Å². The van der Waals surface area contributed by atoms with Gasteiger partial charge in [0.05, 0.1) is 6.21 Å². The number of nitrogens with one attached hydrogen (secondary N) is 1. The summed E-state index contributed by atoms with van der Waals surface area (Å²) < 4.78 is 5.90. The van der Waals surface area contributed by atoms with Gasteiger partial charge in [-0.1, -0.05) is 0 Å². The third-order valence-corrected chi connectivity index (χ3v) is 2.48. The van der Waals surface area contributed by atoms with E-state index in [1.54, 1.807) is 12.4 Å². The lowest BCUT2D eigenvalue weighted by atomic mass is 10.5. The lowest BCUT2D eigenvalue weighted by molar-refractivity contribution is 0.534. The van der Waals surface area contributed by atoms with Gasteiger partial charge in [0, 0.05) is 11.6 Å². The van der Waals surface area contributed by atoms with Crippen molar-refractivity contribution in [2.45, 2.75) is 0 Å². The van der Waals surface area contributed by atoms with Gasteiger partial charge in [-0.25, -0.2) is 4.98 Å². The summed E-state index contributed by atoms with van der Waals surface area (Å²) in [4.78, 5) is 4.01. The van der Waals surface area contributed by atoms with Crippen molar-refractivity contribution in [2.75, 3.05) is 5.43 Å². The van der Waals surface area contributed by atoms with Gasteiger partial charge in [-0.15, -0.1) is 11.3 Å². The maximum Gasteiger partial charge on any atom is 0.203 e. The predicted molar refractivity (Wildman–Crippen MR) is 59.7 cm³/mol. The average molecular weight is 272 g/mol. The molecular formula is C8H6BrN3OS. The van der Waals surface area contributed by atoms with Gasteiger partial charge < -0.3 is 4.42 Å². The van der Waals surface area contributed by atoms with Crippen molar-refractivity contribution >= 4 is 38.6 Å². The minimum atomic E-state index is 0.681. The van der Waals surface area contributed by atoms with Crippen molar-refractivity contribution in [2.24, 2.45) is 5.10 Å². The second-order valence-electron chi connectivity index (χ2n) is 2.35. The van der Waals surface area contributed by atoms with E-state index in [0.29, 0.717) is 10.4 Å². The first-order valence-electron chi connectivity index (χ1n) is 3.78. The molecule has 72 valence electrons. The fourth-order valence-corrected chi connectivity index (χ4v) is 1.62. The molecule has 0 radical (unpaired) electrons. The minimum absolute atomic E-state index is 0.681. The van der Waals surface area contributed by atoms with Crippen molar-refractivity contribution in [1.29, 1.82) is 0 Å². The number of thiazole rings is 1. The number of rotatable bonds is 3. The summed E-state index contributed by atoms with van der Waals surface area (Å²) in [6.07, 6.45) is 3.30. The molecule has 14 heavy (non-hydrogen) atoms. The van der Waals surface area contributed by atoms with E-state index in [0.717, 1.165) is 5.13 Å². The highest BCUT2D eigenvalue weighted by atomic mass is 79.9. The smallest absolute Gasteiger partial charge is 0.203 e. The maximum absolute atomic E-state index is 5.21. The number of anilines is 1. The summed E-state index contributed by atoms with van der Waals surface area (Å²) in [7, 11) is 0. The summed E-state index contributed by atoms with van der Waals surface area (Å²) in [6.45, 7) is 0. The van der Waals surface area contributed by atoms with Crippen LogP contribution in [-0.2, 0) is 0 Å². The molecule has 0 spiro atoms. The Balaban J connectivity index is 1.95. The van der Waals surface area contributed by atoms with E-state index >= 15 is 0 Å². The average Bonchev–Trinajstić information content (AvgIpc) is 2.77. The van der Waals surface area contributed by atoms with Crippen LogP contribution in [-0.4, -0.2) is 11.2 Å². The Morgan fingerprint density at radius 1 is 1.57 bits per heavy atom. The number of furan rings is 1. The highest BCUT2D eigenvalue weighted by Gasteiger charge is 1.94. The molecule has 0 aromatic carbocycles. The molecule has 0 aliphatic rings. The van der Waals surface area contributed by atoms with Crippen LogP contribution in [0.25, 0.3) is 0 Å². The van der Waals surface area contributed by atoms with E-state index in [1.807, 2.05) is 17.5 Å². The molecular weight excluding hydrogens is 266 g/mol. The number of hydrogen-bond donors (Lipinski definition) is 1. The fourth-order valence-electron chi connectivity index (χ4n) is 0.827. The number of hydrazone groups is 1. The quantitative estimate of drug-likeness (QED) is 0.690. The highest BCUT2D eigenvalue weighted by Crippen LogP contribution is 2.13. The van der Waals surface area contributed by atoms with Crippen LogP contribution >= 0.6 is 27.3 Å². The van der Waals surface area contributed by atoms with Gasteiger partial charge in [0.1, 0.15) is 5.76 Å². The molecule has 0 saturated heterocycles. The Labute approximate surface area is 92.8 Å². The van der Waals surface area contributed by atoms with Crippen molar-refractivity contribution < 1.29 is 4.42 Å². The third-order valence-electron chi connectivity index (χ3n) is 1.38. The van der Waals surface area contributed by atoms with E-state index in [1.165, 1.54) is 11.3 Å². The van der Waals surface area contributed by atoms with Crippen LogP contribution in [0, 0.1) is 0 Å². The van der Waals surface area contributed by atoms with Crippen LogP contribution in [0.2, 0.25) is 0 Å². The largest absolute Gasteiger partial charge is 0.448 e. The van der Waals surface area contributed by atoms with Crippen molar-refractivity contribution in [3.8, 4) is 0 Å². The van der Waals surface area contributed by atoms with Gasteiger partial charge in [0.25, 0.3) is 0 Å². The van der Waals surface area contributed by atoms with Gasteiger partial charge in [-0.3, -0.25) is 5.43 Å². The molecule has 2 rings (SSSR count). The van der Waals surface area contributed by atoms with Gasteiger partial charge in [-0.05, 0) is 28.1 Å². The van der Waals surface area contributed by atoms with Crippen LogP contribution in [0.1, 0.15) is 5.76 Å². The van der Waals surface area contributed by atoms with Crippen LogP contribution in [0.3, 0.4) is 0 Å². The first-order chi connectivity index (χ1) is 6.84. The summed E-state index contributed by atoms with van der Waals surface area (Å²) in [5, 5.41) is 6.59. The molecule has 0 aliphatic carbocycles. The molecule has 4 nitrogen and oxygen atoms in total. The summed E-state index contributed by atoms with van der Waals surface area (Å²) in [5.41, 5.74) is 2.78. The van der Waals surface area contributed by atoms with E-state index in [4.69, 9.17) is 4.42 Å². The molecule has 0 saturated carbocycles. The number of hydrogen-bond acceptors (Lipinski definition) is 5. The third kappa shape index (κ3) is 2.43. The first kappa shape index (κ1) is 9.42. The second kappa shape index (κ2) is 4.39. The monoisotopic (exact) mass is 271 g/mol. The first-order valence-corrected chi connectivity index (χ1v) is 5.46. The molecule has 0 aliphatic heterocycles. The fraction of sp³-hybridized carbons (Fsp3) is 0. The zero-order chi connectivity index (χ0) is 9.80. The van der Waals surface area contributed by atoms with Crippen LogP contribution in [0.15, 0.2) is 37.9 Å². The minimum Gasteiger partial charge on any atom is -0.448 e. The van der Waals surface area contributed by atoms with Crippen LogP contribution in [0.5, 0.6) is 0 Å². The number of nitrogens with zero attached hydrogens (tertiary/aromatic N) is 2. The molecule has 2 heterocycles. The van der Waals surface area contributed by atoms with Crippen LogP contribution in [0.4, 0.5) is 5.13 Å². The molecule has 0 amide bonds. The Bertz CT molecular complexity index is 423. The number of aromatic nitrogens is 1. The topological polar surface area (TPSA) is 50.4 Å². The zero-order valence-electron chi connectivity index (χ0n) is 6.98. The van der Waals surface area contributed by atoms with Gasteiger partial charge >= 0.3 is 0 Å². The Kier molecular flexibility index (Phi) is 2.95. The van der Waals surface area contributed by atoms with Crippen molar-refractivity contribution in [3.63, 3.8) is 0 Å². The summed E-state index contributed by atoms with van der Waals surface area (Å²) in [6, 6.07) is 3.63. The zero-order valence-corrected chi connectivity index (χ0v) is 9.38. The summed E-state index contributed by atoms with van der Waals surface area (Å²) >= 11 is 4.69. The second-order valence-corrected chi connectivity index (χ2v) is 4.03. The molecule has 1 N–H and O–H groups in total. The molecule has 2 aromatic rings. The molecule has 0 fully saturated rings. The Morgan fingerprint density at radius 3 is 3.14 bits per heavy atom. The highest BCUT2D eigenvalue weighted by molar-refractivity contribution is 9.10. The van der Waals surface area contributed by atoms with Crippen molar-refractivity contribution in [3.05, 3.63) is 34.1 Å². The van der Waals surface area contributed by atoms with E-state index in [-0.39, 0.29) is 0 Å². The molecule has 0 atom stereocenters. The van der Waals surface area contributed by atoms with Gasteiger partial charge in [-0.2, -0.15) is 5.10 Å².